The zero-order chi connectivity index (χ0) is 15.7. The Balaban J connectivity index is 1.80. The molecule has 0 fully saturated rings. The predicted molar refractivity (Wildman–Crippen MR) is 84.4 cm³/mol. The molecule has 0 unspecified atom stereocenters. The summed E-state index contributed by atoms with van der Waals surface area (Å²) in [4.78, 5) is 8.12. The van der Waals surface area contributed by atoms with Crippen molar-refractivity contribution >= 4 is 15.8 Å². The maximum absolute atomic E-state index is 12.6. The second-order valence-electron chi connectivity index (χ2n) is 5.51. The van der Waals surface area contributed by atoms with Gasteiger partial charge in [0.25, 0.3) is 0 Å². The van der Waals surface area contributed by atoms with Crippen LogP contribution in [0.25, 0.3) is 0 Å². The fourth-order valence-electron chi connectivity index (χ4n) is 2.58. The van der Waals surface area contributed by atoms with E-state index in [1.807, 2.05) is 31.2 Å². The monoisotopic (exact) mass is 318 g/mol. The molecule has 116 valence electrons. The molecule has 0 spiro atoms. The number of aryl methyl sites for hydroxylation is 1. The molecule has 3 rings (SSSR count). The zero-order valence-corrected chi connectivity index (χ0v) is 13.2. The quantitative estimate of drug-likeness (QED) is 0.920. The Morgan fingerprint density at radius 2 is 1.95 bits per heavy atom. The summed E-state index contributed by atoms with van der Waals surface area (Å²) in [6, 6.07) is 7.55. The van der Waals surface area contributed by atoms with E-state index in [-0.39, 0.29) is 12.3 Å². The van der Waals surface area contributed by atoms with Crippen molar-refractivity contribution < 1.29 is 8.42 Å². The molecule has 0 saturated carbocycles. The molecule has 0 aliphatic carbocycles. The van der Waals surface area contributed by atoms with Crippen molar-refractivity contribution in [1.29, 1.82) is 0 Å². The summed E-state index contributed by atoms with van der Waals surface area (Å²) < 4.78 is 26.6. The molecule has 7 heteroatoms. The predicted octanol–water partition coefficient (Wildman–Crippen LogP) is 1.26. The smallest absolute Gasteiger partial charge is 0.218 e. The molecule has 2 N–H and O–H groups in total. The molecule has 1 aliphatic rings. The van der Waals surface area contributed by atoms with Crippen molar-refractivity contribution in [2.75, 3.05) is 12.3 Å². The van der Waals surface area contributed by atoms with E-state index in [4.69, 9.17) is 5.73 Å². The van der Waals surface area contributed by atoms with Crippen LogP contribution in [0, 0.1) is 6.92 Å². The van der Waals surface area contributed by atoms with Gasteiger partial charge in [-0.2, -0.15) is 4.31 Å². The number of rotatable bonds is 3. The summed E-state index contributed by atoms with van der Waals surface area (Å²) in [5.41, 5.74) is 9.28. The Hall–Kier alpha value is -1.99. The highest BCUT2D eigenvalue weighted by Crippen LogP contribution is 2.24. The van der Waals surface area contributed by atoms with Gasteiger partial charge in [0.2, 0.25) is 10.0 Å². The average molecular weight is 318 g/mol. The van der Waals surface area contributed by atoms with Crippen LogP contribution >= 0.6 is 0 Å². The van der Waals surface area contributed by atoms with Crippen molar-refractivity contribution in [2.24, 2.45) is 0 Å². The highest BCUT2D eigenvalue weighted by Gasteiger charge is 2.28. The maximum Gasteiger partial charge on any atom is 0.218 e. The number of hydrogen-bond acceptors (Lipinski definition) is 5. The first kappa shape index (κ1) is 14.9. The summed E-state index contributed by atoms with van der Waals surface area (Å²) >= 11 is 0. The number of nitrogens with two attached hydrogens (primary N) is 1. The number of fused-ring (bicyclic) bond motifs is 1. The Kier molecular flexibility index (Phi) is 3.84. The molecule has 0 atom stereocenters. The van der Waals surface area contributed by atoms with Crippen molar-refractivity contribution in [3.8, 4) is 0 Å². The lowest BCUT2D eigenvalue weighted by Crippen LogP contribution is -2.37. The van der Waals surface area contributed by atoms with Gasteiger partial charge in [-0.15, -0.1) is 0 Å². The molecule has 1 aromatic heterocycles. The van der Waals surface area contributed by atoms with Gasteiger partial charge in [-0.3, -0.25) is 0 Å². The third-order valence-corrected chi connectivity index (χ3v) is 5.66. The molecule has 1 aromatic carbocycles. The average Bonchev–Trinajstić information content (AvgIpc) is 2.49. The Bertz CT molecular complexity index is 788. The van der Waals surface area contributed by atoms with Crippen LogP contribution in [0.4, 0.5) is 5.82 Å². The SMILES string of the molecule is Cc1ccc(CS(=O)(=O)N2CCc3c(N)ncnc3C2)cc1. The van der Waals surface area contributed by atoms with E-state index in [9.17, 15) is 8.42 Å². The molecular weight excluding hydrogens is 300 g/mol. The summed E-state index contributed by atoms with van der Waals surface area (Å²) in [5.74, 6) is 0.448. The van der Waals surface area contributed by atoms with Gasteiger partial charge in [-0.25, -0.2) is 18.4 Å². The number of hydrogen-bond donors (Lipinski definition) is 1. The van der Waals surface area contributed by atoms with Crippen LogP contribution in [-0.2, 0) is 28.7 Å². The summed E-state index contributed by atoms with van der Waals surface area (Å²) in [5, 5.41) is 0. The van der Waals surface area contributed by atoms with Crippen LogP contribution in [0.1, 0.15) is 22.4 Å². The van der Waals surface area contributed by atoms with Gasteiger partial charge < -0.3 is 5.73 Å². The number of anilines is 1. The van der Waals surface area contributed by atoms with Gasteiger partial charge in [0.05, 0.1) is 18.0 Å². The van der Waals surface area contributed by atoms with E-state index in [0.717, 1.165) is 16.7 Å². The highest BCUT2D eigenvalue weighted by molar-refractivity contribution is 7.88. The van der Waals surface area contributed by atoms with Crippen LogP contribution in [0.15, 0.2) is 30.6 Å². The van der Waals surface area contributed by atoms with Gasteiger partial charge in [0.15, 0.2) is 0 Å². The molecule has 2 heterocycles. The molecule has 2 aromatic rings. The van der Waals surface area contributed by atoms with Gasteiger partial charge in [-0.05, 0) is 18.9 Å². The van der Waals surface area contributed by atoms with Crippen molar-refractivity contribution in [3.05, 3.63) is 53.0 Å². The first-order valence-electron chi connectivity index (χ1n) is 7.07. The number of benzene rings is 1. The minimum absolute atomic E-state index is 0.00315. The molecule has 0 saturated heterocycles. The van der Waals surface area contributed by atoms with Crippen LogP contribution in [0.5, 0.6) is 0 Å². The van der Waals surface area contributed by atoms with Gasteiger partial charge in [-0.1, -0.05) is 29.8 Å². The van der Waals surface area contributed by atoms with Crippen LogP contribution in [0.2, 0.25) is 0 Å². The topological polar surface area (TPSA) is 89.2 Å². The summed E-state index contributed by atoms with van der Waals surface area (Å²) in [7, 11) is -3.37. The van der Waals surface area contributed by atoms with E-state index < -0.39 is 10.0 Å². The van der Waals surface area contributed by atoms with Crippen LogP contribution in [-0.4, -0.2) is 29.2 Å². The second-order valence-corrected chi connectivity index (χ2v) is 7.48. The summed E-state index contributed by atoms with van der Waals surface area (Å²) in [6.07, 6.45) is 1.93. The van der Waals surface area contributed by atoms with Crippen LogP contribution in [0.3, 0.4) is 0 Å². The molecule has 6 nitrogen and oxygen atoms in total. The normalized spacial score (nSPS) is 15.5. The fourth-order valence-corrected chi connectivity index (χ4v) is 4.06. The third kappa shape index (κ3) is 2.95. The molecule has 0 amide bonds. The Morgan fingerprint density at radius 3 is 2.68 bits per heavy atom. The van der Waals surface area contributed by atoms with E-state index >= 15 is 0 Å². The van der Waals surface area contributed by atoms with Gasteiger partial charge in [0, 0.05) is 12.1 Å². The Morgan fingerprint density at radius 1 is 1.23 bits per heavy atom. The van der Waals surface area contributed by atoms with Gasteiger partial charge >= 0.3 is 0 Å². The van der Waals surface area contributed by atoms with Crippen molar-refractivity contribution in [1.82, 2.24) is 14.3 Å². The fraction of sp³-hybridized carbons (Fsp3) is 0.333. The number of sulfonamides is 1. The number of nitrogens with zero attached hydrogens (tertiary/aromatic N) is 3. The van der Waals surface area contributed by atoms with Gasteiger partial charge in [0.1, 0.15) is 12.1 Å². The van der Waals surface area contributed by atoms with Crippen molar-refractivity contribution in [3.63, 3.8) is 0 Å². The molecule has 0 radical (unpaired) electrons. The Labute approximate surface area is 130 Å². The molecule has 22 heavy (non-hydrogen) atoms. The number of nitrogen functional groups attached to an aromatic ring is 1. The maximum atomic E-state index is 12.6. The minimum Gasteiger partial charge on any atom is -0.383 e. The van der Waals surface area contributed by atoms with Crippen molar-refractivity contribution in [2.45, 2.75) is 25.6 Å². The molecule has 0 bridgehead atoms. The summed E-state index contributed by atoms with van der Waals surface area (Å²) in [6.45, 7) is 2.65. The number of aromatic nitrogens is 2. The standard InChI is InChI=1S/C15H18N4O2S/c1-11-2-4-12(5-3-11)9-22(20,21)19-7-6-13-14(8-19)17-10-18-15(13)16/h2-5,10H,6-9H2,1H3,(H2,16,17,18). The van der Waals surface area contributed by atoms with Crippen LogP contribution < -0.4 is 5.73 Å². The highest BCUT2D eigenvalue weighted by atomic mass is 32.2. The first-order valence-corrected chi connectivity index (χ1v) is 8.68. The lowest BCUT2D eigenvalue weighted by molar-refractivity contribution is 0.384. The van der Waals surface area contributed by atoms with E-state index in [2.05, 4.69) is 9.97 Å². The lowest BCUT2D eigenvalue weighted by atomic mass is 10.1. The third-order valence-electron chi connectivity index (χ3n) is 3.87. The van der Waals surface area contributed by atoms with E-state index in [1.165, 1.54) is 10.6 Å². The lowest BCUT2D eigenvalue weighted by Gasteiger charge is -2.27. The molecule has 1 aliphatic heterocycles. The van der Waals surface area contributed by atoms with E-state index in [1.54, 1.807) is 0 Å². The second kappa shape index (κ2) is 5.66. The largest absolute Gasteiger partial charge is 0.383 e. The van der Waals surface area contributed by atoms with E-state index in [0.29, 0.717) is 24.5 Å². The first-order chi connectivity index (χ1) is 10.5. The molecular formula is C15H18N4O2S. The zero-order valence-electron chi connectivity index (χ0n) is 12.4. The minimum atomic E-state index is -3.37.